The zero-order valence-electron chi connectivity index (χ0n) is 19.2. The van der Waals surface area contributed by atoms with Gasteiger partial charge in [0.05, 0.1) is 33.8 Å². The second-order valence-corrected chi connectivity index (χ2v) is 10.6. The van der Waals surface area contributed by atoms with E-state index in [0.29, 0.717) is 17.8 Å². The van der Waals surface area contributed by atoms with Crippen LogP contribution in [0.1, 0.15) is 27.9 Å². The molecule has 1 aliphatic heterocycles. The van der Waals surface area contributed by atoms with Gasteiger partial charge < -0.3 is 10.1 Å². The summed E-state index contributed by atoms with van der Waals surface area (Å²) in [4.78, 5) is 52.4. The molecule has 2 aliphatic carbocycles. The number of fused-ring (bicyclic) bond motifs is 5. The highest BCUT2D eigenvalue weighted by Crippen LogP contribution is 2.59. The fourth-order valence-corrected chi connectivity index (χ4v) is 6.73. The molecule has 2 saturated carbocycles. The van der Waals surface area contributed by atoms with E-state index in [9.17, 15) is 19.2 Å². The number of nitrogens with zero attached hydrogens (tertiary/aromatic N) is 1. The summed E-state index contributed by atoms with van der Waals surface area (Å²) in [5, 5.41) is 2.03. The molecule has 9 heteroatoms. The Bertz CT molecular complexity index is 1200. The van der Waals surface area contributed by atoms with Gasteiger partial charge in [-0.25, -0.2) is 4.79 Å². The molecule has 3 amide bonds. The van der Waals surface area contributed by atoms with Gasteiger partial charge >= 0.3 is 5.97 Å². The Kier molecular flexibility index (Phi) is 6.09. The van der Waals surface area contributed by atoms with Crippen molar-refractivity contribution in [2.24, 2.45) is 23.7 Å². The van der Waals surface area contributed by atoms with Crippen LogP contribution in [0, 0.1) is 37.5 Å². The molecule has 182 valence electrons. The Morgan fingerprint density at radius 2 is 1.57 bits per heavy atom. The molecule has 35 heavy (non-hydrogen) atoms. The van der Waals surface area contributed by atoms with Crippen molar-refractivity contribution in [2.45, 2.75) is 31.0 Å². The summed E-state index contributed by atoms with van der Waals surface area (Å²) in [6.07, 6.45) is 0.680. The third-order valence-electron chi connectivity index (χ3n) is 7.17. The van der Waals surface area contributed by atoms with Crippen molar-refractivity contribution >= 4 is 58.3 Å². The molecule has 5 rings (SSSR count). The van der Waals surface area contributed by atoms with E-state index in [1.165, 1.54) is 12.1 Å². The van der Waals surface area contributed by atoms with Crippen LogP contribution in [0.15, 0.2) is 42.5 Å². The first-order valence-electron chi connectivity index (χ1n) is 11.5. The standard InChI is InChI=1S/C26H24Cl2N2O5/c1-12-6-13(2)8-15(7-12)29-19(31)11-35-26(34)14-4-3-5-16(9-14)30-24(32)20-17-10-18(21(20)25(30)33)23(28)22(17)27/h3-9,17-18,20-23H,10-11H2,1-2H3,(H,29,31)/t17-,18-,20-,21-,22-,23+/m1/s1. The van der Waals surface area contributed by atoms with Gasteiger partial charge in [-0.15, -0.1) is 23.2 Å². The predicted octanol–water partition coefficient (Wildman–Crippen LogP) is 4.07. The Morgan fingerprint density at radius 3 is 2.17 bits per heavy atom. The van der Waals surface area contributed by atoms with Crippen LogP contribution in [0.3, 0.4) is 0 Å². The van der Waals surface area contributed by atoms with Crippen LogP contribution < -0.4 is 10.2 Å². The van der Waals surface area contributed by atoms with Gasteiger partial charge in [0, 0.05) is 5.69 Å². The molecule has 3 aliphatic rings. The van der Waals surface area contributed by atoms with Crippen molar-refractivity contribution in [1.82, 2.24) is 0 Å². The number of amides is 3. The van der Waals surface area contributed by atoms with E-state index in [0.717, 1.165) is 16.0 Å². The summed E-state index contributed by atoms with van der Waals surface area (Å²) in [5.41, 5.74) is 3.04. The number of nitrogens with one attached hydrogen (secondary N) is 1. The average molecular weight is 515 g/mol. The minimum absolute atomic E-state index is 0.125. The van der Waals surface area contributed by atoms with Gasteiger partial charge in [-0.05, 0) is 73.6 Å². The number of ether oxygens (including phenoxy) is 1. The van der Waals surface area contributed by atoms with Crippen LogP contribution in [0.5, 0.6) is 0 Å². The Balaban J connectivity index is 1.26. The second kappa shape index (κ2) is 8.95. The number of esters is 1. The fraction of sp³-hybridized carbons (Fsp3) is 0.385. The first-order valence-corrected chi connectivity index (χ1v) is 12.3. The molecule has 2 bridgehead atoms. The number of hydrogen-bond acceptors (Lipinski definition) is 5. The number of alkyl halides is 2. The van der Waals surface area contributed by atoms with Crippen molar-refractivity contribution in [3.05, 3.63) is 59.2 Å². The van der Waals surface area contributed by atoms with E-state index < -0.39 is 30.3 Å². The first-order chi connectivity index (χ1) is 16.7. The lowest BCUT2D eigenvalue weighted by molar-refractivity contribution is -0.123. The molecular weight excluding hydrogens is 491 g/mol. The summed E-state index contributed by atoms with van der Waals surface area (Å²) >= 11 is 12.8. The molecule has 0 unspecified atom stereocenters. The van der Waals surface area contributed by atoms with Gasteiger partial charge in [0.25, 0.3) is 5.91 Å². The molecule has 1 heterocycles. The Hall–Kier alpha value is -2.90. The highest BCUT2D eigenvalue weighted by Gasteiger charge is 2.66. The summed E-state index contributed by atoms with van der Waals surface area (Å²) in [6.45, 7) is 3.37. The monoisotopic (exact) mass is 514 g/mol. The number of imide groups is 1. The minimum atomic E-state index is -0.733. The number of anilines is 2. The molecule has 2 aromatic rings. The van der Waals surface area contributed by atoms with Gasteiger partial charge in [0.15, 0.2) is 6.61 Å². The maximum atomic E-state index is 13.2. The van der Waals surface area contributed by atoms with Crippen LogP contribution in [0.2, 0.25) is 0 Å². The van der Waals surface area contributed by atoms with E-state index in [-0.39, 0.29) is 40.0 Å². The van der Waals surface area contributed by atoms with Crippen LogP contribution in [-0.2, 0) is 19.1 Å². The van der Waals surface area contributed by atoms with E-state index in [1.54, 1.807) is 12.1 Å². The van der Waals surface area contributed by atoms with Gasteiger partial charge in [0.2, 0.25) is 11.8 Å². The molecule has 0 spiro atoms. The minimum Gasteiger partial charge on any atom is -0.452 e. The lowest BCUT2D eigenvalue weighted by atomic mass is 9.80. The van der Waals surface area contributed by atoms with E-state index in [2.05, 4.69) is 5.32 Å². The lowest BCUT2D eigenvalue weighted by Crippen LogP contribution is -2.37. The number of rotatable bonds is 5. The largest absolute Gasteiger partial charge is 0.452 e. The number of benzene rings is 2. The number of halogens is 2. The van der Waals surface area contributed by atoms with Crippen molar-refractivity contribution in [1.29, 1.82) is 0 Å². The van der Waals surface area contributed by atoms with E-state index in [1.807, 2.05) is 32.0 Å². The summed E-state index contributed by atoms with van der Waals surface area (Å²) in [6, 6.07) is 11.7. The van der Waals surface area contributed by atoms with Crippen LogP contribution >= 0.6 is 23.2 Å². The summed E-state index contributed by atoms with van der Waals surface area (Å²) < 4.78 is 5.17. The molecule has 7 nitrogen and oxygen atoms in total. The normalized spacial score (nSPS) is 28.9. The highest BCUT2D eigenvalue weighted by atomic mass is 35.5. The first kappa shape index (κ1) is 23.8. The third kappa shape index (κ3) is 4.10. The van der Waals surface area contributed by atoms with Crippen LogP contribution in [-0.4, -0.2) is 41.1 Å². The fourth-order valence-electron chi connectivity index (χ4n) is 5.83. The van der Waals surface area contributed by atoms with Gasteiger partial charge in [-0.3, -0.25) is 19.3 Å². The van der Waals surface area contributed by atoms with Gasteiger partial charge in [-0.1, -0.05) is 12.1 Å². The maximum absolute atomic E-state index is 13.2. The Morgan fingerprint density at radius 1 is 0.971 bits per heavy atom. The topological polar surface area (TPSA) is 92.8 Å². The number of carbonyl (C=O) groups excluding carboxylic acids is 4. The maximum Gasteiger partial charge on any atom is 0.338 e. The zero-order chi connectivity index (χ0) is 25.0. The highest BCUT2D eigenvalue weighted by molar-refractivity contribution is 6.32. The molecule has 1 N–H and O–H groups in total. The Labute approximate surface area is 212 Å². The SMILES string of the molecule is Cc1cc(C)cc(NC(=O)COC(=O)c2cccc(N3C(=O)[C@@H]4[C@H]5C[C@@H]([C@@H](Cl)[C@H]5Cl)[C@H]4C3=O)c2)c1. The van der Waals surface area contributed by atoms with Gasteiger partial charge in [-0.2, -0.15) is 0 Å². The molecule has 0 aromatic heterocycles. The van der Waals surface area contributed by atoms with E-state index in [4.69, 9.17) is 27.9 Å². The van der Waals surface area contributed by atoms with Crippen LogP contribution in [0.4, 0.5) is 11.4 Å². The van der Waals surface area contributed by atoms with Crippen molar-refractivity contribution in [3.8, 4) is 0 Å². The molecule has 0 radical (unpaired) electrons. The second-order valence-electron chi connectivity index (χ2n) is 9.57. The number of hydrogen-bond donors (Lipinski definition) is 1. The van der Waals surface area contributed by atoms with Crippen LogP contribution in [0.25, 0.3) is 0 Å². The molecule has 6 atom stereocenters. The predicted molar refractivity (Wildman–Crippen MR) is 132 cm³/mol. The summed E-state index contributed by atoms with van der Waals surface area (Å²) in [7, 11) is 0. The number of carbonyl (C=O) groups is 4. The molecule has 1 saturated heterocycles. The molecule has 2 aromatic carbocycles. The van der Waals surface area contributed by atoms with Gasteiger partial charge in [0.1, 0.15) is 0 Å². The lowest BCUT2D eigenvalue weighted by Gasteiger charge is -2.28. The smallest absolute Gasteiger partial charge is 0.338 e. The average Bonchev–Trinajstić information content (AvgIpc) is 3.41. The third-order valence-corrected chi connectivity index (χ3v) is 8.49. The summed E-state index contributed by atoms with van der Waals surface area (Å²) in [5.74, 6) is -3.02. The quantitative estimate of drug-likeness (QED) is 0.368. The molecular formula is C26H24Cl2N2O5. The van der Waals surface area contributed by atoms with E-state index >= 15 is 0 Å². The van der Waals surface area contributed by atoms with Crippen molar-refractivity contribution in [2.75, 3.05) is 16.8 Å². The number of aryl methyl sites for hydroxylation is 2. The van der Waals surface area contributed by atoms with Crippen molar-refractivity contribution in [3.63, 3.8) is 0 Å². The zero-order valence-corrected chi connectivity index (χ0v) is 20.7. The van der Waals surface area contributed by atoms with Crippen molar-refractivity contribution < 1.29 is 23.9 Å². The molecule has 3 fully saturated rings.